The van der Waals surface area contributed by atoms with Crippen molar-refractivity contribution in [1.82, 2.24) is 15.0 Å². The molecule has 0 radical (unpaired) electrons. The normalized spacial score (nSPS) is 13.6. The molecule has 4 rings (SSSR count). The number of aromatic amines is 1. The van der Waals surface area contributed by atoms with Crippen LogP contribution in [0.25, 0.3) is 22.6 Å². The van der Waals surface area contributed by atoms with Crippen molar-refractivity contribution >= 4 is 5.97 Å². The van der Waals surface area contributed by atoms with E-state index in [0.717, 1.165) is 12.8 Å². The van der Waals surface area contributed by atoms with Crippen LogP contribution in [0.15, 0.2) is 36.5 Å². The Hall–Kier alpha value is -3.22. The monoisotopic (exact) mass is 367 g/mol. The number of aromatic nitrogens is 3. The molecule has 1 aliphatic carbocycles. The highest BCUT2D eigenvalue weighted by molar-refractivity contribution is 5.89. The highest BCUT2D eigenvalue weighted by Crippen LogP contribution is 2.37. The topological polar surface area (TPSA) is 88.1 Å². The quantitative estimate of drug-likeness (QED) is 0.686. The van der Waals surface area contributed by atoms with Crippen molar-refractivity contribution in [2.75, 3.05) is 6.61 Å². The fraction of sp³-hybridized carbons (Fsp3) is 0.250. The van der Waals surface area contributed by atoms with Crippen LogP contribution >= 0.6 is 0 Å². The van der Waals surface area contributed by atoms with Crippen molar-refractivity contribution in [3.8, 4) is 28.4 Å². The molecule has 3 aromatic rings. The van der Waals surface area contributed by atoms with E-state index in [-0.39, 0.29) is 11.4 Å². The van der Waals surface area contributed by atoms with Crippen LogP contribution < -0.4 is 4.74 Å². The minimum atomic E-state index is -1.04. The van der Waals surface area contributed by atoms with E-state index in [4.69, 9.17) is 4.74 Å². The zero-order valence-corrected chi connectivity index (χ0v) is 14.7. The zero-order valence-electron chi connectivity index (χ0n) is 14.7. The van der Waals surface area contributed by atoms with Gasteiger partial charge in [0, 0.05) is 17.8 Å². The van der Waals surface area contributed by atoms with Crippen LogP contribution in [0.4, 0.5) is 4.39 Å². The van der Waals surface area contributed by atoms with Crippen LogP contribution in [0, 0.1) is 18.7 Å². The number of nitrogens with one attached hydrogen (secondary N) is 1. The van der Waals surface area contributed by atoms with Crippen molar-refractivity contribution in [3.05, 3.63) is 53.7 Å². The van der Waals surface area contributed by atoms with Gasteiger partial charge in [0.25, 0.3) is 0 Å². The highest BCUT2D eigenvalue weighted by Gasteiger charge is 2.24. The number of carbonyl (C=O) groups is 1. The van der Waals surface area contributed by atoms with Crippen LogP contribution in [0.3, 0.4) is 0 Å². The molecule has 7 heteroatoms. The van der Waals surface area contributed by atoms with Gasteiger partial charge in [0.1, 0.15) is 23.1 Å². The number of pyridine rings is 1. The summed E-state index contributed by atoms with van der Waals surface area (Å²) < 4.78 is 19.6. The summed E-state index contributed by atoms with van der Waals surface area (Å²) in [4.78, 5) is 23.2. The molecule has 2 heterocycles. The van der Waals surface area contributed by atoms with Crippen molar-refractivity contribution in [3.63, 3.8) is 0 Å². The Labute approximate surface area is 155 Å². The molecule has 1 aromatic carbocycles. The van der Waals surface area contributed by atoms with E-state index in [2.05, 4.69) is 15.0 Å². The number of rotatable bonds is 6. The van der Waals surface area contributed by atoms with Gasteiger partial charge in [0.15, 0.2) is 0 Å². The third-order valence-electron chi connectivity index (χ3n) is 4.46. The average Bonchev–Trinajstić information content (AvgIpc) is 3.40. The number of halogens is 1. The molecule has 2 aromatic heterocycles. The van der Waals surface area contributed by atoms with Gasteiger partial charge in [-0.3, -0.25) is 4.98 Å². The van der Waals surface area contributed by atoms with Gasteiger partial charge in [-0.05, 0) is 49.9 Å². The van der Waals surface area contributed by atoms with E-state index in [1.807, 2.05) is 0 Å². The van der Waals surface area contributed by atoms with Gasteiger partial charge in [0.05, 0.1) is 23.6 Å². The molecule has 6 nitrogen and oxygen atoms in total. The maximum Gasteiger partial charge on any atom is 0.335 e. The van der Waals surface area contributed by atoms with Crippen LogP contribution in [0.1, 0.15) is 29.0 Å². The summed E-state index contributed by atoms with van der Waals surface area (Å²) in [6.45, 7) is 2.34. The molecule has 0 aliphatic heterocycles. The highest BCUT2D eigenvalue weighted by atomic mass is 19.1. The van der Waals surface area contributed by atoms with Crippen molar-refractivity contribution < 1.29 is 19.0 Å². The number of imidazole rings is 1. The van der Waals surface area contributed by atoms with E-state index in [1.54, 1.807) is 13.0 Å². The first-order valence-corrected chi connectivity index (χ1v) is 8.70. The number of aryl methyl sites for hydroxylation is 1. The van der Waals surface area contributed by atoms with Crippen molar-refractivity contribution in [1.29, 1.82) is 0 Å². The molecular formula is C20H18FN3O3. The Balaban J connectivity index is 1.79. The van der Waals surface area contributed by atoms with Crippen LogP contribution in [0.2, 0.25) is 0 Å². The first kappa shape index (κ1) is 17.2. The lowest BCUT2D eigenvalue weighted by atomic mass is 10.1. The average molecular weight is 367 g/mol. The maximum absolute atomic E-state index is 13.8. The van der Waals surface area contributed by atoms with E-state index in [9.17, 15) is 14.3 Å². The lowest BCUT2D eigenvalue weighted by molar-refractivity contribution is 0.0697. The van der Waals surface area contributed by atoms with E-state index >= 15 is 0 Å². The van der Waals surface area contributed by atoms with E-state index in [0.29, 0.717) is 46.7 Å². The largest absolute Gasteiger partial charge is 0.492 e. The Morgan fingerprint density at radius 1 is 1.33 bits per heavy atom. The first-order valence-electron chi connectivity index (χ1n) is 8.70. The third kappa shape index (κ3) is 3.67. The second kappa shape index (κ2) is 6.83. The standard InChI is InChI=1S/C20H18FN3O3/c1-11-23-18(19(24-11)16-8-13(20(25)26)6-7-22-16)15-5-4-14(21)9-17(15)27-10-12-2-3-12/h4-9,12H,2-3,10H2,1H3,(H,23,24)(H,25,26). The molecule has 0 atom stereocenters. The number of ether oxygens (including phenoxy) is 1. The number of benzene rings is 1. The Bertz CT molecular complexity index is 1010. The molecule has 0 saturated heterocycles. The van der Waals surface area contributed by atoms with Gasteiger partial charge in [-0.1, -0.05) is 0 Å². The molecule has 1 fully saturated rings. The van der Waals surface area contributed by atoms with Gasteiger partial charge < -0.3 is 14.8 Å². The molecule has 2 N–H and O–H groups in total. The van der Waals surface area contributed by atoms with Gasteiger partial charge in [0.2, 0.25) is 0 Å². The Morgan fingerprint density at radius 3 is 2.89 bits per heavy atom. The number of hydrogen-bond donors (Lipinski definition) is 2. The molecule has 1 saturated carbocycles. The predicted octanol–water partition coefficient (Wildman–Crippen LogP) is 4.07. The first-order chi connectivity index (χ1) is 13.0. The molecule has 0 spiro atoms. The zero-order chi connectivity index (χ0) is 19.0. The lowest BCUT2D eigenvalue weighted by Gasteiger charge is -2.12. The SMILES string of the molecule is Cc1nc(-c2cc(C(=O)O)ccn2)c(-c2ccc(F)cc2OCC2CC2)[nH]1. The second-order valence-electron chi connectivity index (χ2n) is 6.68. The molecule has 0 unspecified atom stereocenters. The summed E-state index contributed by atoms with van der Waals surface area (Å²) in [5, 5.41) is 9.23. The number of hydrogen-bond acceptors (Lipinski definition) is 4. The predicted molar refractivity (Wildman–Crippen MR) is 97.1 cm³/mol. The van der Waals surface area contributed by atoms with Gasteiger partial charge >= 0.3 is 5.97 Å². The van der Waals surface area contributed by atoms with Gasteiger partial charge in [-0.25, -0.2) is 14.2 Å². The summed E-state index contributed by atoms with van der Waals surface area (Å²) >= 11 is 0. The summed E-state index contributed by atoms with van der Waals surface area (Å²) in [6.07, 6.45) is 3.69. The minimum absolute atomic E-state index is 0.121. The van der Waals surface area contributed by atoms with Crippen LogP contribution in [-0.4, -0.2) is 32.6 Å². The van der Waals surface area contributed by atoms with Crippen LogP contribution in [0.5, 0.6) is 5.75 Å². The molecule has 0 amide bonds. The number of nitrogens with zero attached hydrogens (tertiary/aromatic N) is 2. The molecular weight excluding hydrogens is 349 g/mol. The molecule has 1 aliphatic rings. The number of carboxylic acid groups (broad SMARTS) is 1. The number of carboxylic acids is 1. The smallest absolute Gasteiger partial charge is 0.335 e. The van der Waals surface area contributed by atoms with E-state index in [1.165, 1.54) is 30.5 Å². The lowest BCUT2D eigenvalue weighted by Crippen LogP contribution is -2.02. The maximum atomic E-state index is 13.8. The second-order valence-corrected chi connectivity index (χ2v) is 6.68. The Kier molecular flexibility index (Phi) is 4.35. The Morgan fingerprint density at radius 2 is 2.15 bits per heavy atom. The summed E-state index contributed by atoms with van der Waals surface area (Å²) in [5.74, 6) is 0.176. The minimum Gasteiger partial charge on any atom is -0.492 e. The van der Waals surface area contributed by atoms with Gasteiger partial charge in [-0.15, -0.1) is 0 Å². The van der Waals surface area contributed by atoms with Crippen LogP contribution in [-0.2, 0) is 0 Å². The number of H-pyrrole nitrogens is 1. The molecule has 0 bridgehead atoms. The van der Waals surface area contributed by atoms with Gasteiger partial charge in [-0.2, -0.15) is 0 Å². The fourth-order valence-corrected chi connectivity index (χ4v) is 2.88. The number of aromatic carboxylic acids is 1. The summed E-state index contributed by atoms with van der Waals surface area (Å²) in [6, 6.07) is 7.25. The van der Waals surface area contributed by atoms with E-state index < -0.39 is 5.97 Å². The summed E-state index contributed by atoms with van der Waals surface area (Å²) in [7, 11) is 0. The molecule has 138 valence electrons. The molecule has 27 heavy (non-hydrogen) atoms. The summed E-state index contributed by atoms with van der Waals surface area (Å²) in [5.41, 5.74) is 2.32. The fourth-order valence-electron chi connectivity index (χ4n) is 2.88. The van der Waals surface area contributed by atoms with Crippen molar-refractivity contribution in [2.45, 2.75) is 19.8 Å². The third-order valence-corrected chi connectivity index (χ3v) is 4.46. The van der Waals surface area contributed by atoms with Crippen molar-refractivity contribution in [2.24, 2.45) is 5.92 Å².